The van der Waals surface area contributed by atoms with Crippen LogP contribution in [0.4, 0.5) is 10.5 Å². The van der Waals surface area contributed by atoms with Gasteiger partial charge < -0.3 is 10.1 Å². The highest BCUT2D eigenvalue weighted by molar-refractivity contribution is 5.90. The fourth-order valence-corrected chi connectivity index (χ4v) is 3.01. The van der Waals surface area contributed by atoms with E-state index in [4.69, 9.17) is 4.74 Å². The lowest BCUT2D eigenvalue weighted by Gasteiger charge is -2.32. The maximum absolute atomic E-state index is 12.0. The molecule has 0 bridgehead atoms. The zero-order valence-corrected chi connectivity index (χ0v) is 11.3. The number of carbonyl (C=O) groups is 1. The third kappa shape index (κ3) is 2.45. The Hall–Kier alpha value is -1.55. The van der Waals surface area contributed by atoms with Gasteiger partial charge in [0.1, 0.15) is 6.61 Å². The van der Waals surface area contributed by atoms with E-state index in [1.807, 2.05) is 29.2 Å². The topological polar surface area (TPSA) is 41.6 Å². The van der Waals surface area contributed by atoms with E-state index in [2.05, 4.69) is 12.2 Å². The number of carbonyl (C=O) groups excluding carboxylic acids is 1. The highest BCUT2D eigenvalue weighted by Gasteiger charge is 2.39. The molecule has 1 atom stereocenters. The average Bonchev–Trinajstić information content (AvgIpc) is 2.83. The maximum atomic E-state index is 12.0. The van der Waals surface area contributed by atoms with Gasteiger partial charge in [-0.15, -0.1) is 0 Å². The van der Waals surface area contributed by atoms with Crippen molar-refractivity contribution in [1.82, 2.24) is 5.32 Å². The number of cyclic esters (lactones) is 1. The summed E-state index contributed by atoms with van der Waals surface area (Å²) in [5.41, 5.74) is 2.16. The van der Waals surface area contributed by atoms with Crippen LogP contribution in [-0.2, 0) is 4.74 Å². The van der Waals surface area contributed by atoms with E-state index < -0.39 is 0 Å². The number of rotatable bonds is 2. The largest absolute Gasteiger partial charge is 0.447 e. The SMILES string of the molecule is Cc1ccc(N2C(=O)OCC2C2CCNCC2)cc1. The highest BCUT2D eigenvalue weighted by atomic mass is 16.6. The quantitative estimate of drug-likeness (QED) is 0.887. The van der Waals surface area contributed by atoms with Crippen LogP contribution in [0.1, 0.15) is 18.4 Å². The summed E-state index contributed by atoms with van der Waals surface area (Å²) >= 11 is 0. The van der Waals surface area contributed by atoms with Gasteiger partial charge in [-0.05, 0) is 50.9 Å². The van der Waals surface area contributed by atoms with Crippen LogP contribution in [0.3, 0.4) is 0 Å². The molecule has 19 heavy (non-hydrogen) atoms. The Labute approximate surface area is 113 Å². The predicted molar refractivity (Wildman–Crippen MR) is 74.4 cm³/mol. The molecule has 4 heteroatoms. The number of nitrogens with one attached hydrogen (secondary N) is 1. The molecule has 2 aliphatic heterocycles. The van der Waals surface area contributed by atoms with Gasteiger partial charge in [-0.25, -0.2) is 4.79 Å². The van der Waals surface area contributed by atoms with E-state index in [0.29, 0.717) is 12.5 Å². The summed E-state index contributed by atoms with van der Waals surface area (Å²) in [5, 5.41) is 3.37. The first-order valence-corrected chi connectivity index (χ1v) is 6.99. The van der Waals surface area contributed by atoms with E-state index >= 15 is 0 Å². The number of piperidine rings is 1. The van der Waals surface area contributed by atoms with Gasteiger partial charge in [0, 0.05) is 5.69 Å². The second-order valence-corrected chi connectivity index (χ2v) is 5.44. The maximum Gasteiger partial charge on any atom is 0.414 e. The molecular formula is C15H20N2O2. The number of benzene rings is 1. The summed E-state index contributed by atoms with van der Waals surface area (Å²) in [6, 6.07) is 8.30. The number of aryl methyl sites for hydroxylation is 1. The lowest BCUT2D eigenvalue weighted by atomic mass is 9.90. The molecule has 1 unspecified atom stereocenters. The fraction of sp³-hybridized carbons (Fsp3) is 0.533. The summed E-state index contributed by atoms with van der Waals surface area (Å²) < 4.78 is 5.28. The van der Waals surface area contributed by atoms with Gasteiger partial charge in [-0.2, -0.15) is 0 Å². The van der Waals surface area contributed by atoms with Crippen LogP contribution in [0.2, 0.25) is 0 Å². The van der Waals surface area contributed by atoms with Crippen LogP contribution in [0, 0.1) is 12.8 Å². The van der Waals surface area contributed by atoms with E-state index in [1.165, 1.54) is 5.56 Å². The second-order valence-electron chi connectivity index (χ2n) is 5.44. The Morgan fingerprint density at radius 2 is 1.89 bits per heavy atom. The normalized spacial score (nSPS) is 24.6. The van der Waals surface area contributed by atoms with E-state index in [0.717, 1.165) is 31.6 Å². The van der Waals surface area contributed by atoms with Gasteiger partial charge >= 0.3 is 6.09 Å². The van der Waals surface area contributed by atoms with Gasteiger partial charge in [0.15, 0.2) is 0 Å². The van der Waals surface area contributed by atoms with E-state index in [1.54, 1.807) is 0 Å². The predicted octanol–water partition coefficient (Wildman–Crippen LogP) is 2.32. The standard InChI is InChI=1S/C15H20N2O2/c1-11-2-4-13(5-3-11)17-14(10-19-15(17)18)12-6-8-16-9-7-12/h2-5,12,14,16H,6-10H2,1H3. The summed E-state index contributed by atoms with van der Waals surface area (Å²) in [5.74, 6) is 0.536. The zero-order chi connectivity index (χ0) is 13.2. The van der Waals surface area contributed by atoms with Gasteiger partial charge in [0.25, 0.3) is 0 Å². The van der Waals surface area contributed by atoms with Crippen molar-refractivity contribution in [2.75, 3.05) is 24.6 Å². The average molecular weight is 260 g/mol. The Kier molecular flexibility index (Phi) is 3.42. The van der Waals surface area contributed by atoms with Crippen LogP contribution in [0.5, 0.6) is 0 Å². The minimum Gasteiger partial charge on any atom is -0.447 e. The Balaban J connectivity index is 1.83. The van der Waals surface area contributed by atoms with Crippen LogP contribution < -0.4 is 10.2 Å². The van der Waals surface area contributed by atoms with Gasteiger partial charge in [0.2, 0.25) is 0 Å². The summed E-state index contributed by atoms with van der Waals surface area (Å²) in [6.45, 7) is 4.65. The van der Waals surface area contributed by atoms with Crippen LogP contribution in [0.25, 0.3) is 0 Å². The molecule has 2 fully saturated rings. The van der Waals surface area contributed by atoms with Crippen molar-refractivity contribution in [3.63, 3.8) is 0 Å². The van der Waals surface area contributed by atoms with Crippen molar-refractivity contribution in [3.8, 4) is 0 Å². The first-order valence-electron chi connectivity index (χ1n) is 6.99. The molecule has 102 valence electrons. The minimum atomic E-state index is -0.201. The molecule has 0 aromatic heterocycles. The van der Waals surface area contributed by atoms with Crippen molar-refractivity contribution in [1.29, 1.82) is 0 Å². The van der Waals surface area contributed by atoms with Crippen molar-refractivity contribution >= 4 is 11.8 Å². The number of nitrogens with zero attached hydrogens (tertiary/aromatic N) is 1. The molecule has 1 aromatic carbocycles. The van der Waals surface area contributed by atoms with Crippen LogP contribution in [0.15, 0.2) is 24.3 Å². The third-order valence-corrected chi connectivity index (χ3v) is 4.15. The van der Waals surface area contributed by atoms with Gasteiger partial charge in [-0.1, -0.05) is 17.7 Å². The second kappa shape index (κ2) is 5.21. The molecular weight excluding hydrogens is 240 g/mol. The molecule has 1 N–H and O–H groups in total. The highest BCUT2D eigenvalue weighted by Crippen LogP contribution is 2.30. The molecule has 0 saturated carbocycles. The number of ether oxygens (including phenoxy) is 1. The first kappa shape index (κ1) is 12.5. The minimum absolute atomic E-state index is 0.192. The van der Waals surface area contributed by atoms with Crippen molar-refractivity contribution in [2.45, 2.75) is 25.8 Å². The molecule has 1 amide bonds. The smallest absolute Gasteiger partial charge is 0.414 e. The van der Waals surface area contributed by atoms with Crippen molar-refractivity contribution < 1.29 is 9.53 Å². The summed E-state index contributed by atoms with van der Waals surface area (Å²) in [4.78, 5) is 13.8. The molecule has 0 spiro atoms. The molecule has 2 aliphatic rings. The van der Waals surface area contributed by atoms with Crippen LogP contribution in [-0.4, -0.2) is 31.8 Å². The molecule has 3 rings (SSSR count). The third-order valence-electron chi connectivity index (χ3n) is 4.15. The zero-order valence-electron chi connectivity index (χ0n) is 11.3. The van der Waals surface area contributed by atoms with E-state index in [9.17, 15) is 4.79 Å². The summed E-state index contributed by atoms with van der Waals surface area (Å²) in [6.07, 6.45) is 2.03. The molecule has 2 heterocycles. The lowest BCUT2D eigenvalue weighted by molar-refractivity contribution is 0.174. The number of hydrogen-bond acceptors (Lipinski definition) is 3. The monoisotopic (exact) mass is 260 g/mol. The van der Waals surface area contributed by atoms with Crippen LogP contribution >= 0.6 is 0 Å². The molecule has 4 nitrogen and oxygen atoms in total. The number of amides is 1. The van der Waals surface area contributed by atoms with E-state index in [-0.39, 0.29) is 12.1 Å². The van der Waals surface area contributed by atoms with Gasteiger partial charge in [0.05, 0.1) is 6.04 Å². The Morgan fingerprint density at radius 1 is 1.21 bits per heavy atom. The number of anilines is 1. The number of hydrogen-bond donors (Lipinski definition) is 1. The fourth-order valence-electron chi connectivity index (χ4n) is 3.01. The molecule has 0 aliphatic carbocycles. The Bertz CT molecular complexity index is 452. The lowest BCUT2D eigenvalue weighted by Crippen LogP contribution is -2.43. The molecule has 0 radical (unpaired) electrons. The van der Waals surface area contributed by atoms with Crippen molar-refractivity contribution in [3.05, 3.63) is 29.8 Å². The Morgan fingerprint density at radius 3 is 2.58 bits per heavy atom. The summed E-state index contributed by atoms with van der Waals surface area (Å²) in [7, 11) is 0. The van der Waals surface area contributed by atoms with Crippen molar-refractivity contribution in [2.24, 2.45) is 5.92 Å². The van der Waals surface area contributed by atoms with Gasteiger partial charge in [-0.3, -0.25) is 4.90 Å². The molecule has 2 saturated heterocycles. The molecule has 1 aromatic rings. The first-order chi connectivity index (χ1) is 9.25.